The number of H-pyrrole nitrogens is 1. The van der Waals surface area contributed by atoms with Gasteiger partial charge in [0, 0.05) is 61.9 Å². The average molecular weight is 526 g/mol. The van der Waals surface area contributed by atoms with Crippen LogP contribution in [0.4, 0.5) is 19.0 Å². The van der Waals surface area contributed by atoms with Gasteiger partial charge in [0.15, 0.2) is 0 Å². The molecule has 0 saturated carbocycles. The Morgan fingerprint density at radius 2 is 1.79 bits per heavy atom. The first-order valence-corrected chi connectivity index (χ1v) is 13.3. The first kappa shape index (κ1) is 24.0. The van der Waals surface area contributed by atoms with Crippen LogP contribution in [0.2, 0.25) is 0 Å². The summed E-state index contributed by atoms with van der Waals surface area (Å²) in [6.45, 7) is 4.78. The number of anilines is 1. The minimum absolute atomic E-state index is 0.114. The largest absolute Gasteiger partial charge is 0.456 e. The molecular formula is C28H30F3N5O2. The highest BCUT2D eigenvalue weighted by Gasteiger charge is 2.46. The highest BCUT2D eigenvalue weighted by Crippen LogP contribution is 2.38. The van der Waals surface area contributed by atoms with Crippen LogP contribution in [0.5, 0.6) is 0 Å². The number of ether oxygens (including phenoxy) is 1. The van der Waals surface area contributed by atoms with Crippen molar-refractivity contribution in [1.82, 2.24) is 19.8 Å². The Labute approximate surface area is 218 Å². The van der Waals surface area contributed by atoms with E-state index >= 15 is 4.39 Å². The fourth-order valence-corrected chi connectivity index (χ4v) is 6.12. The molecule has 38 heavy (non-hydrogen) atoms. The van der Waals surface area contributed by atoms with Gasteiger partial charge in [0.1, 0.15) is 23.0 Å². The van der Waals surface area contributed by atoms with Gasteiger partial charge < -0.3 is 19.0 Å². The Kier molecular flexibility index (Phi) is 5.86. The lowest BCUT2D eigenvalue weighted by Gasteiger charge is -2.46. The molecule has 7 nitrogen and oxygen atoms in total. The molecule has 1 N–H and O–H groups in total. The number of nitrogens with zero attached hydrogens (tertiary/aromatic N) is 4. The second-order valence-corrected chi connectivity index (χ2v) is 10.7. The molecular weight excluding hydrogens is 495 g/mol. The van der Waals surface area contributed by atoms with Crippen LogP contribution in [0.15, 0.2) is 40.9 Å². The van der Waals surface area contributed by atoms with Gasteiger partial charge in [-0.3, -0.25) is 9.80 Å². The first-order chi connectivity index (χ1) is 18.4. The van der Waals surface area contributed by atoms with Crippen LogP contribution in [-0.2, 0) is 11.3 Å². The number of nitrogens with one attached hydrogen (secondary N) is 1. The third-order valence-electron chi connectivity index (χ3n) is 8.12. The van der Waals surface area contributed by atoms with Crippen LogP contribution in [0, 0.1) is 5.82 Å². The van der Waals surface area contributed by atoms with Gasteiger partial charge in [0.25, 0.3) is 5.92 Å². The summed E-state index contributed by atoms with van der Waals surface area (Å²) in [5, 5.41) is 1.63. The van der Waals surface area contributed by atoms with Gasteiger partial charge >= 0.3 is 0 Å². The van der Waals surface area contributed by atoms with E-state index in [9.17, 15) is 8.78 Å². The number of pyridine rings is 1. The molecule has 3 fully saturated rings. The number of benzene rings is 1. The van der Waals surface area contributed by atoms with Crippen LogP contribution in [0.3, 0.4) is 0 Å². The predicted octanol–water partition coefficient (Wildman–Crippen LogP) is 4.87. The Morgan fingerprint density at radius 1 is 1.00 bits per heavy atom. The molecule has 6 heterocycles. The van der Waals surface area contributed by atoms with E-state index in [1.54, 1.807) is 12.3 Å². The molecule has 200 valence electrons. The zero-order chi connectivity index (χ0) is 25.9. The van der Waals surface area contributed by atoms with E-state index < -0.39 is 5.92 Å². The normalized spacial score (nSPS) is 21.4. The number of morpholine rings is 1. The molecule has 0 aliphatic carbocycles. The molecule has 7 rings (SSSR count). The minimum Gasteiger partial charge on any atom is -0.456 e. The van der Waals surface area contributed by atoms with Crippen molar-refractivity contribution in [1.29, 1.82) is 0 Å². The fraction of sp³-hybridized carbons (Fsp3) is 0.464. The third kappa shape index (κ3) is 4.34. The quantitative estimate of drug-likeness (QED) is 0.401. The van der Waals surface area contributed by atoms with E-state index in [0.717, 1.165) is 66.8 Å². The summed E-state index contributed by atoms with van der Waals surface area (Å²) in [5.41, 5.74) is 2.85. The van der Waals surface area contributed by atoms with E-state index in [-0.39, 0.29) is 24.9 Å². The smallest absolute Gasteiger partial charge is 0.272 e. The molecule has 3 aliphatic rings. The molecule has 0 spiro atoms. The molecule has 0 bridgehead atoms. The van der Waals surface area contributed by atoms with Crippen molar-refractivity contribution in [2.24, 2.45) is 0 Å². The number of furan rings is 1. The number of alkyl halides is 2. The predicted molar refractivity (Wildman–Crippen MR) is 139 cm³/mol. The number of rotatable bonds is 5. The molecule has 1 aromatic carbocycles. The highest BCUT2D eigenvalue weighted by molar-refractivity contribution is 5.99. The molecule has 10 heteroatoms. The van der Waals surface area contributed by atoms with Gasteiger partial charge in [0.2, 0.25) is 0 Å². The SMILES string of the molecule is Fc1ccc2[nH]ccc2c1-c1cc2c(N3CCOCC3)nc(CN3CCC(N4CC(F)(F)C4)CC3)cc2o1. The number of hydrogen-bond donors (Lipinski definition) is 1. The van der Waals surface area contributed by atoms with Crippen molar-refractivity contribution in [3.05, 3.63) is 48.0 Å². The molecule has 0 amide bonds. The number of halogens is 3. The number of aromatic nitrogens is 2. The lowest BCUT2D eigenvalue weighted by molar-refractivity contribution is -0.151. The Bertz CT molecular complexity index is 1460. The van der Waals surface area contributed by atoms with E-state index in [2.05, 4.69) is 14.8 Å². The molecule has 4 aromatic rings. The van der Waals surface area contributed by atoms with Crippen molar-refractivity contribution in [2.45, 2.75) is 31.4 Å². The van der Waals surface area contributed by atoms with Gasteiger partial charge in [-0.05, 0) is 37.1 Å². The van der Waals surface area contributed by atoms with Crippen molar-refractivity contribution < 1.29 is 22.3 Å². The van der Waals surface area contributed by atoms with Gasteiger partial charge in [-0.25, -0.2) is 18.2 Å². The van der Waals surface area contributed by atoms with Crippen molar-refractivity contribution >= 4 is 27.7 Å². The van der Waals surface area contributed by atoms with Crippen molar-refractivity contribution in [2.75, 3.05) is 57.4 Å². The summed E-state index contributed by atoms with van der Waals surface area (Å²) in [4.78, 5) is 14.6. The summed E-state index contributed by atoms with van der Waals surface area (Å²) in [6.07, 6.45) is 3.55. The van der Waals surface area contributed by atoms with Crippen LogP contribution in [0.1, 0.15) is 18.5 Å². The Hall–Kier alpha value is -3.08. The summed E-state index contributed by atoms with van der Waals surface area (Å²) < 4.78 is 53.6. The first-order valence-electron chi connectivity index (χ1n) is 13.3. The summed E-state index contributed by atoms with van der Waals surface area (Å²) in [6, 6.07) is 9.13. The molecule has 3 saturated heterocycles. The summed E-state index contributed by atoms with van der Waals surface area (Å²) in [5.74, 6) is -1.55. The van der Waals surface area contributed by atoms with Crippen molar-refractivity contribution in [3.8, 4) is 11.3 Å². The second-order valence-electron chi connectivity index (χ2n) is 10.7. The topological polar surface area (TPSA) is 60.8 Å². The van der Waals surface area contributed by atoms with Crippen LogP contribution < -0.4 is 4.90 Å². The molecule has 3 aliphatic heterocycles. The maximum atomic E-state index is 15.0. The number of aromatic amines is 1. The molecule has 0 unspecified atom stereocenters. The van der Waals surface area contributed by atoms with E-state index in [0.29, 0.717) is 36.7 Å². The number of hydrogen-bond acceptors (Lipinski definition) is 6. The number of piperidine rings is 1. The van der Waals surface area contributed by atoms with Crippen molar-refractivity contribution in [3.63, 3.8) is 0 Å². The summed E-state index contributed by atoms with van der Waals surface area (Å²) in [7, 11) is 0. The standard InChI is InChI=1S/C28H30F3N5O2/c29-22-1-2-23-20(3-6-32-23)26(22)25-14-21-24(38-25)13-18(33-27(21)35-9-11-37-12-10-35)15-34-7-4-19(5-8-34)36-16-28(30,31)17-36/h1-3,6,13-14,19,32H,4-5,7-12,15-17H2. The van der Waals surface area contributed by atoms with Crippen LogP contribution in [-0.4, -0.2) is 84.2 Å². The number of likely N-dealkylation sites (tertiary alicyclic amines) is 2. The van der Waals surface area contributed by atoms with Gasteiger partial charge in [0.05, 0.1) is 42.9 Å². The monoisotopic (exact) mass is 525 g/mol. The van der Waals surface area contributed by atoms with Gasteiger partial charge in [-0.2, -0.15) is 0 Å². The fourth-order valence-electron chi connectivity index (χ4n) is 6.12. The average Bonchev–Trinajstić information content (AvgIpc) is 3.55. The van der Waals surface area contributed by atoms with Crippen LogP contribution >= 0.6 is 0 Å². The molecule has 0 atom stereocenters. The Balaban J connectivity index is 1.19. The second kappa shape index (κ2) is 9.29. The maximum absolute atomic E-state index is 15.0. The zero-order valence-corrected chi connectivity index (χ0v) is 21.1. The summed E-state index contributed by atoms with van der Waals surface area (Å²) >= 11 is 0. The number of fused-ring (bicyclic) bond motifs is 2. The van der Waals surface area contributed by atoms with E-state index in [1.165, 1.54) is 6.07 Å². The maximum Gasteiger partial charge on any atom is 0.272 e. The zero-order valence-electron chi connectivity index (χ0n) is 21.1. The Morgan fingerprint density at radius 3 is 2.55 bits per heavy atom. The molecule has 0 radical (unpaired) electrons. The van der Waals surface area contributed by atoms with E-state index in [4.69, 9.17) is 14.1 Å². The third-order valence-corrected chi connectivity index (χ3v) is 8.12. The van der Waals surface area contributed by atoms with Crippen LogP contribution in [0.25, 0.3) is 33.2 Å². The molecule has 3 aromatic heterocycles. The lowest BCUT2D eigenvalue weighted by Crippen LogP contribution is -2.61. The van der Waals surface area contributed by atoms with Gasteiger partial charge in [-0.1, -0.05) is 0 Å². The minimum atomic E-state index is -2.52. The lowest BCUT2D eigenvalue weighted by atomic mass is 9.98. The van der Waals surface area contributed by atoms with E-state index in [1.807, 2.05) is 23.1 Å². The van der Waals surface area contributed by atoms with Gasteiger partial charge in [-0.15, -0.1) is 0 Å². The highest BCUT2D eigenvalue weighted by atomic mass is 19.3.